The van der Waals surface area contributed by atoms with Crippen LogP contribution in [-0.4, -0.2) is 11.5 Å². The number of rotatable bonds is 4. The molecule has 5 heteroatoms. The van der Waals surface area contributed by atoms with Crippen LogP contribution in [0.25, 0.3) is 0 Å². The van der Waals surface area contributed by atoms with Gasteiger partial charge in [-0.25, -0.2) is 9.37 Å². The second kappa shape index (κ2) is 6.55. The van der Waals surface area contributed by atoms with Gasteiger partial charge in [0.05, 0.1) is 16.2 Å². The molecule has 0 radical (unpaired) electrons. The molecular weight excluding hydrogens is 351 g/mol. The fraction of sp³-hybridized carbons (Fsp3) is 0.438. The van der Waals surface area contributed by atoms with Gasteiger partial charge in [-0.1, -0.05) is 33.8 Å². The Kier molecular flexibility index (Phi) is 5.17. The van der Waals surface area contributed by atoms with Gasteiger partial charge < -0.3 is 5.32 Å². The maximum atomic E-state index is 13.4. The van der Waals surface area contributed by atoms with E-state index in [0.29, 0.717) is 4.47 Å². The first kappa shape index (κ1) is 16.6. The van der Waals surface area contributed by atoms with Gasteiger partial charge in [0, 0.05) is 10.8 Å². The summed E-state index contributed by atoms with van der Waals surface area (Å²) >= 11 is 4.90. The van der Waals surface area contributed by atoms with E-state index in [0.717, 1.165) is 22.8 Å². The van der Waals surface area contributed by atoms with Gasteiger partial charge in [-0.15, -0.1) is 11.3 Å². The molecule has 0 fully saturated rings. The third-order valence-corrected chi connectivity index (χ3v) is 4.74. The van der Waals surface area contributed by atoms with Crippen LogP contribution in [0.5, 0.6) is 0 Å². The lowest BCUT2D eigenvalue weighted by Crippen LogP contribution is -2.22. The van der Waals surface area contributed by atoms with Crippen LogP contribution >= 0.6 is 27.3 Å². The molecule has 0 amide bonds. The molecule has 1 unspecified atom stereocenters. The van der Waals surface area contributed by atoms with Crippen LogP contribution < -0.4 is 5.32 Å². The standard InChI is InChI=1S/C16H20BrFN2S/c1-5-19-14(10-6-7-12(18)11(17)8-10)15-20-13(9-21-15)16(2,3)4/h6-9,14,19H,5H2,1-4H3. The van der Waals surface area contributed by atoms with Crippen LogP contribution in [-0.2, 0) is 5.41 Å². The third kappa shape index (κ3) is 3.90. The van der Waals surface area contributed by atoms with E-state index in [1.807, 2.05) is 12.1 Å². The normalized spacial score (nSPS) is 13.4. The Morgan fingerprint density at radius 3 is 2.62 bits per heavy atom. The van der Waals surface area contributed by atoms with Crippen molar-refractivity contribution in [3.63, 3.8) is 0 Å². The zero-order valence-corrected chi connectivity index (χ0v) is 15.1. The van der Waals surface area contributed by atoms with Crippen LogP contribution in [0, 0.1) is 5.82 Å². The van der Waals surface area contributed by atoms with E-state index in [-0.39, 0.29) is 17.3 Å². The highest BCUT2D eigenvalue weighted by Crippen LogP contribution is 2.31. The van der Waals surface area contributed by atoms with Crippen LogP contribution in [0.4, 0.5) is 4.39 Å². The Morgan fingerprint density at radius 1 is 1.38 bits per heavy atom. The molecular formula is C16H20BrFN2S. The van der Waals surface area contributed by atoms with Crippen molar-refractivity contribution in [3.8, 4) is 0 Å². The fourth-order valence-corrected chi connectivity index (χ4v) is 3.55. The first-order chi connectivity index (χ1) is 9.82. The summed E-state index contributed by atoms with van der Waals surface area (Å²) in [4.78, 5) is 4.78. The predicted molar refractivity (Wildman–Crippen MR) is 90.4 cm³/mol. The Balaban J connectivity index is 2.38. The van der Waals surface area contributed by atoms with E-state index in [4.69, 9.17) is 4.98 Å². The van der Waals surface area contributed by atoms with Crippen molar-refractivity contribution in [1.29, 1.82) is 0 Å². The lowest BCUT2D eigenvalue weighted by atomic mass is 9.93. The number of hydrogen-bond acceptors (Lipinski definition) is 3. The second-order valence-electron chi connectivity index (χ2n) is 5.99. The number of aromatic nitrogens is 1. The third-order valence-electron chi connectivity index (χ3n) is 3.22. The number of hydrogen-bond donors (Lipinski definition) is 1. The highest BCUT2D eigenvalue weighted by molar-refractivity contribution is 9.10. The maximum absolute atomic E-state index is 13.4. The molecule has 0 aliphatic heterocycles. The Labute approximate surface area is 137 Å². The van der Waals surface area contributed by atoms with E-state index >= 15 is 0 Å². The second-order valence-corrected chi connectivity index (χ2v) is 7.73. The molecule has 0 aliphatic rings. The number of nitrogens with one attached hydrogen (secondary N) is 1. The monoisotopic (exact) mass is 370 g/mol. The summed E-state index contributed by atoms with van der Waals surface area (Å²) in [6.07, 6.45) is 0. The van der Waals surface area contributed by atoms with E-state index < -0.39 is 0 Å². The molecule has 1 aromatic carbocycles. The van der Waals surface area contributed by atoms with E-state index in [2.05, 4.69) is 54.3 Å². The number of thiazole rings is 1. The average Bonchev–Trinajstić information content (AvgIpc) is 2.89. The average molecular weight is 371 g/mol. The Bertz CT molecular complexity index is 619. The smallest absolute Gasteiger partial charge is 0.137 e. The van der Waals surface area contributed by atoms with Gasteiger partial charge in [-0.3, -0.25) is 0 Å². The van der Waals surface area contributed by atoms with Crippen molar-refractivity contribution >= 4 is 27.3 Å². The number of benzene rings is 1. The van der Waals surface area contributed by atoms with Gasteiger partial charge in [-0.2, -0.15) is 0 Å². The van der Waals surface area contributed by atoms with Crippen LogP contribution in [0.15, 0.2) is 28.1 Å². The predicted octanol–water partition coefficient (Wildman–Crippen LogP) is 5.04. The number of nitrogens with zero attached hydrogens (tertiary/aromatic N) is 1. The molecule has 1 heterocycles. The first-order valence-electron chi connectivity index (χ1n) is 6.97. The van der Waals surface area contributed by atoms with Gasteiger partial charge in [0.15, 0.2) is 0 Å². The zero-order valence-electron chi connectivity index (χ0n) is 12.7. The summed E-state index contributed by atoms with van der Waals surface area (Å²) in [6.45, 7) is 9.35. The summed E-state index contributed by atoms with van der Waals surface area (Å²) in [5.74, 6) is -0.247. The topological polar surface area (TPSA) is 24.9 Å². The largest absolute Gasteiger partial charge is 0.305 e. The van der Waals surface area contributed by atoms with Crippen molar-refractivity contribution in [2.24, 2.45) is 0 Å². The lowest BCUT2D eigenvalue weighted by molar-refractivity contribution is 0.561. The van der Waals surface area contributed by atoms with Crippen molar-refractivity contribution in [2.75, 3.05) is 6.54 Å². The van der Waals surface area contributed by atoms with Gasteiger partial charge in [-0.05, 0) is 40.2 Å². The highest BCUT2D eigenvalue weighted by atomic mass is 79.9. The van der Waals surface area contributed by atoms with Crippen LogP contribution in [0.3, 0.4) is 0 Å². The fourth-order valence-electron chi connectivity index (χ4n) is 2.01. The Morgan fingerprint density at radius 2 is 2.10 bits per heavy atom. The highest BCUT2D eigenvalue weighted by Gasteiger charge is 2.22. The van der Waals surface area contributed by atoms with Gasteiger partial charge in [0.25, 0.3) is 0 Å². The van der Waals surface area contributed by atoms with Crippen LogP contribution in [0.2, 0.25) is 0 Å². The quantitative estimate of drug-likeness (QED) is 0.814. The molecule has 2 aromatic rings. The van der Waals surface area contributed by atoms with E-state index in [1.54, 1.807) is 11.3 Å². The first-order valence-corrected chi connectivity index (χ1v) is 8.64. The molecule has 0 bridgehead atoms. The summed E-state index contributed by atoms with van der Waals surface area (Å²) in [5, 5.41) is 6.55. The lowest BCUT2D eigenvalue weighted by Gasteiger charge is -2.18. The molecule has 1 N–H and O–H groups in total. The molecule has 2 rings (SSSR count). The molecule has 0 saturated heterocycles. The van der Waals surface area contributed by atoms with Gasteiger partial charge >= 0.3 is 0 Å². The molecule has 21 heavy (non-hydrogen) atoms. The van der Waals surface area contributed by atoms with Crippen molar-refractivity contribution in [2.45, 2.75) is 39.2 Å². The van der Waals surface area contributed by atoms with E-state index in [1.165, 1.54) is 6.07 Å². The zero-order chi connectivity index (χ0) is 15.6. The minimum Gasteiger partial charge on any atom is -0.305 e. The van der Waals surface area contributed by atoms with Crippen molar-refractivity contribution in [1.82, 2.24) is 10.3 Å². The summed E-state index contributed by atoms with van der Waals surface area (Å²) in [7, 11) is 0. The molecule has 1 atom stereocenters. The molecule has 114 valence electrons. The minimum atomic E-state index is -0.247. The Hall–Kier alpha value is -0.780. The summed E-state index contributed by atoms with van der Waals surface area (Å²) < 4.78 is 13.9. The molecule has 0 spiro atoms. The van der Waals surface area contributed by atoms with Gasteiger partial charge in [0.2, 0.25) is 0 Å². The molecule has 0 saturated carbocycles. The number of halogens is 2. The van der Waals surface area contributed by atoms with Crippen molar-refractivity contribution < 1.29 is 4.39 Å². The van der Waals surface area contributed by atoms with E-state index in [9.17, 15) is 4.39 Å². The SMILES string of the molecule is CCNC(c1ccc(F)c(Br)c1)c1nc(C(C)(C)C)cs1. The minimum absolute atomic E-state index is 0.00648. The van der Waals surface area contributed by atoms with Gasteiger partial charge in [0.1, 0.15) is 10.8 Å². The summed E-state index contributed by atoms with van der Waals surface area (Å²) in [6, 6.07) is 5.11. The molecule has 2 nitrogen and oxygen atoms in total. The summed E-state index contributed by atoms with van der Waals surface area (Å²) in [5.41, 5.74) is 2.14. The van der Waals surface area contributed by atoms with Crippen LogP contribution in [0.1, 0.15) is 50.0 Å². The maximum Gasteiger partial charge on any atom is 0.137 e. The molecule has 1 aromatic heterocycles. The molecule has 0 aliphatic carbocycles. The van der Waals surface area contributed by atoms with Crippen molar-refractivity contribution in [3.05, 3.63) is 50.1 Å².